The standard InChI is InChI=1S/C32H24ClF3N8O2/c1-18-3-2-4-27(21-10-20(14-38-15-21)23-7-5-19(13-37)9-26(23)40-31(18)46)43-17-39-25(12-30(43)45)24-11-22(33)6-8-28(24)44-16-29(41-42-44)32(34,35)36/h5-12,14-18,27H,2-4H2,1H3,(H,40,46)/t18-,27?/m1/s1. The van der Waals surface area contributed by atoms with E-state index in [4.69, 9.17) is 11.6 Å². The number of carbonyl (C=O) groups is 1. The van der Waals surface area contributed by atoms with Gasteiger partial charge in [-0.25, -0.2) is 9.67 Å². The minimum Gasteiger partial charge on any atom is -0.325 e. The predicted molar refractivity (Wildman–Crippen MR) is 163 cm³/mol. The molecule has 1 N–H and O–H groups in total. The molecule has 3 aromatic heterocycles. The highest BCUT2D eigenvalue weighted by Gasteiger charge is 2.35. The van der Waals surface area contributed by atoms with Crippen LogP contribution in [0.2, 0.25) is 5.02 Å². The topological polar surface area (TPSA) is 131 Å². The van der Waals surface area contributed by atoms with Crippen LogP contribution in [0, 0.1) is 17.2 Å². The number of fused-ring (bicyclic) bond motifs is 4. The summed E-state index contributed by atoms with van der Waals surface area (Å²) in [5.74, 6) is -0.531. The van der Waals surface area contributed by atoms with Gasteiger partial charge in [-0.1, -0.05) is 36.2 Å². The molecule has 232 valence electrons. The SMILES string of the molecule is C[C@@H]1CCCC(n2cnc(-c3cc(Cl)ccc3-n3cc(C(F)(F)F)nn3)cc2=O)c2cncc(c2)-c2ccc(C#N)cc2NC1=O. The van der Waals surface area contributed by atoms with Crippen molar-refractivity contribution in [3.8, 4) is 34.1 Å². The van der Waals surface area contributed by atoms with Crippen molar-refractivity contribution in [3.05, 3.63) is 106 Å². The monoisotopic (exact) mass is 644 g/mol. The van der Waals surface area contributed by atoms with Crippen LogP contribution in [0.1, 0.15) is 49.0 Å². The van der Waals surface area contributed by atoms with Gasteiger partial charge in [-0.15, -0.1) is 5.10 Å². The van der Waals surface area contributed by atoms with Crippen LogP contribution in [-0.2, 0) is 11.0 Å². The van der Waals surface area contributed by atoms with Crippen LogP contribution in [0.25, 0.3) is 28.1 Å². The molecule has 1 aliphatic rings. The zero-order valence-corrected chi connectivity index (χ0v) is 24.9. The molecule has 5 aromatic rings. The first-order chi connectivity index (χ1) is 22.0. The lowest BCUT2D eigenvalue weighted by Gasteiger charge is -2.23. The molecule has 0 spiro atoms. The minimum absolute atomic E-state index is 0.176. The van der Waals surface area contributed by atoms with Gasteiger partial charge in [-0.05, 0) is 54.8 Å². The Labute approximate surface area is 265 Å². The van der Waals surface area contributed by atoms with E-state index in [0.717, 1.165) is 16.4 Å². The van der Waals surface area contributed by atoms with Crippen molar-refractivity contribution in [3.63, 3.8) is 0 Å². The molecule has 2 atom stereocenters. The molecule has 2 bridgehead atoms. The van der Waals surface area contributed by atoms with Crippen LogP contribution in [0.4, 0.5) is 18.9 Å². The van der Waals surface area contributed by atoms with Crippen LogP contribution in [0.3, 0.4) is 0 Å². The first kappa shape index (κ1) is 30.7. The first-order valence-corrected chi connectivity index (χ1v) is 14.6. The van der Waals surface area contributed by atoms with Crippen LogP contribution < -0.4 is 10.9 Å². The van der Waals surface area contributed by atoms with E-state index in [1.54, 1.807) is 30.6 Å². The number of hydrogen-bond donors (Lipinski definition) is 1. The van der Waals surface area contributed by atoms with Gasteiger partial charge in [-0.2, -0.15) is 18.4 Å². The number of anilines is 1. The molecule has 4 heterocycles. The van der Waals surface area contributed by atoms with Gasteiger partial charge < -0.3 is 5.32 Å². The minimum atomic E-state index is -4.69. The van der Waals surface area contributed by atoms with Crippen molar-refractivity contribution < 1.29 is 18.0 Å². The fraction of sp³-hybridized carbons (Fsp3) is 0.219. The Bertz CT molecular complexity index is 2070. The molecule has 0 saturated heterocycles. The zero-order chi connectivity index (χ0) is 32.6. The quantitative estimate of drug-likeness (QED) is 0.239. The van der Waals surface area contributed by atoms with E-state index in [1.807, 2.05) is 13.0 Å². The number of nitriles is 1. The third-order valence-corrected chi connectivity index (χ3v) is 8.10. The van der Waals surface area contributed by atoms with Crippen LogP contribution in [0.15, 0.2) is 78.2 Å². The molecule has 6 rings (SSSR count). The van der Waals surface area contributed by atoms with E-state index in [0.29, 0.717) is 41.6 Å². The van der Waals surface area contributed by atoms with Crippen molar-refractivity contribution in [1.82, 2.24) is 29.5 Å². The number of pyridine rings is 1. The zero-order valence-electron chi connectivity index (χ0n) is 24.2. The Morgan fingerprint density at radius 3 is 2.61 bits per heavy atom. The largest absolute Gasteiger partial charge is 0.436 e. The third-order valence-electron chi connectivity index (χ3n) is 7.86. The molecule has 0 radical (unpaired) electrons. The molecule has 14 heteroatoms. The summed E-state index contributed by atoms with van der Waals surface area (Å²) in [6.07, 6.45) is 2.38. The highest BCUT2D eigenvalue weighted by Crippen LogP contribution is 2.35. The number of carbonyl (C=O) groups excluding carboxylic acids is 1. The van der Waals surface area contributed by atoms with Gasteiger partial charge in [0.25, 0.3) is 5.56 Å². The molecule has 0 aliphatic carbocycles. The number of aromatic nitrogens is 6. The van der Waals surface area contributed by atoms with E-state index in [1.165, 1.54) is 35.2 Å². The molecular weight excluding hydrogens is 621 g/mol. The van der Waals surface area contributed by atoms with Gasteiger partial charge in [0, 0.05) is 51.8 Å². The summed E-state index contributed by atoms with van der Waals surface area (Å²) >= 11 is 6.24. The number of halogens is 4. The molecule has 2 aromatic carbocycles. The highest BCUT2D eigenvalue weighted by molar-refractivity contribution is 6.31. The van der Waals surface area contributed by atoms with Crippen molar-refractivity contribution in [2.75, 3.05) is 5.32 Å². The van der Waals surface area contributed by atoms with E-state index < -0.39 is 23.5 Å². The predicted octanol–water partition coefficient (Wildman–Crippen LogP) is 6.44. The molecule has 0 saturated carbocycles. The second kappa shape index (κ2) is 12.2. The molecule has 0 fully saturated rings. The van der Waals surface area contributed by atoms with Crippen molar-refractivity contribution in [2.24, 2.45) is 5.92 Å². The molecular formula is C32H24ClF3N8O2. The maximum atomic E-state index is 13.7. The number of hydrogen-bond acceptors (Lipinski definition) is 7. The van der Waals surface area contributed by atoms with Gasteiger partial charge in [0.15, 0.2) is 5.69 Å². The van der Waals surface area contributed by atoms with E-state index >= 15 is 0 Å². The lowest BCUT2D eigenvalue weighted by Crippen LogP contribution is -2.26. The van der Waals surface area contributed by atoms with E-state index in [-0.39, 0.29) is 33.8 Å². The fourth-order valence-corrected chi connectivity index (χ4v) is 5.62. The Kier molecular flexibility index (Phi) is 8.14. The molecule has 1 unspecified atom stereocenters. The van der Waals surface area contributed by atoms with E-state index in [9.17, 15) is 28.0 Å². The highest BCUT2D eigenvalue weighted by atomic mass is 35.5. The Morgan fingerprint density at radius 1 is 1.04 bits per heavy atom. The van der Waals surface area contributed by atoms with Crippen LogP contribution >= 0.6 is 11.6 Å². The van der Waals surface area contributed by atoms with E-state index in [2.05, 4.69) is 31.7 Å². The maximum Gasteiger partial charge on any atom is 0.436 e. The average molecular weight is 645 g/mol. The van der Waals surface area contributed by atoms with Crippen molar-refractivity contribution >= 4 is 23.2 Å². The average Bonchev–Trinajstić information content (AvgIpc) is 3.54. The lowest BCUT2D eigenvalue weighted by atomic mass is 9.93. The summed E-state index contributed by atoms with van der Waals surface area (Å²) in [6.45, 7) is 1.82. The summed E-state index contributed by atoms with van der Waals surface area (Å²) in [4.78, 5) is 35.7. The summed E-state index contributed by atoms with van der Waals surface area (Å²) in [6, 6.07) is 14.3. The number of nitrogens with one attached hydrogen (secondary N) is 1. The molecule has 1 aliphatic heterocycles. The fourth-order valence-electron chi connectivity index (χ4n) is 5.44. The number of nitrogens with zero attached hydrogens (tertiary/aromatic N) is 7. The van der Waals surface area contributed by atoms with Gasteiger partial charge in [0.1, 0.15) is 0 Å². The maximum absolute atomic E-state index is 13.7. The Morgan fingerprint density at radius 2 is 1.87 bits per heavy atom. The number of rotatable bonds is 3. The summed E-state index contributed by atoms with van der Waals surface area (Å²) in [5, 5.41) is 19.5. The Balaban J connectivity index is 1.42. The molecule has 46 heavy (non-hydrogen) atoms. The molecule has 1 amide bonds. The lowest BCUT2D eigenvalue weighted by molar-refractivity contribution is -0.141. The number of amides is 1. The smallest absolute Gasteiger partial charge is 0.325 e. The summed E-state index contributed by atoms with van der Waals surface area (Å²) in [5.41, 5.74) is 2.04. The molecule has 10 nitrogen and oxygen atoms in total. The van der Waals surface area contributed by atoms with Crippen LogP contribution in [-0.4, -0.2) is 35.4 Å². The van der Waals surface area contributed by atoms with Crippen molar-refractivity contribution in [1.29, 1.82) is 5.26 Å². The second-order valence-corrected chi connectivity index (χ2v) is 11.4. The van der Waals surface area contributed by atoms with Gasteiger partial charge in [0.05, 0.1) is 41.6 Å². The Hall–Kier alpha value is -5.35. The third kappa shape index (κ3) is 6.12. The number of benzene rings is 2. The van der Waals surface area contributed by atoms with Gasteiger partial charge in [-0.3, -0.25) is 19.1 Å². The summed E-state index contributed by atoms with van der Waals surface area (Å²) in [7, 11) is 0. The second-order valence-electron chi connectivity index (χ2n) is 10.9. The number of alkyl halides is 3. The normalized spacial score (nSPS) is 16.8. The van der Waals surface area contributed by atoms with Gasteiger partial charge >= 0.3 is 6.18 Å². The first-order valence-electron chi connectivity index (χ1n) is 14.2. The van der Waals surface area contributed by atoms with Crippen LogP contribution in [0.5, 0.6) is 0 Å². The summed E-state index contributed by atoms with van der Waals surface area (Å²) < 4.78 is 42.1. The van der Waals surface area contributed by atoms with Gasteiger partial charge in [0.2, 0.25) is 5.91 Å². The van der Waals surface area contributed by atoms with Crippen molar-refractivity contribution in [2.45, 2.75) is 38.4 Å².